The van der Waals surface area contributed by atoms with E-state index in [9.17, 15) is 9.90 Å². The summed E-state index contributed by atoms with van der Waals surface area (Å²) in [5.74, 6) is 6.13. The number of rotatable bonds is 3. The first kappa shape index (κ1) is 16.4. The van der Waals surface area contributed by atoms with E-state index >= 15 is 0 Å². The molecule has 3 aromatic carbocycles. The lowest BCUT2D eigenvalue weighted by Gasteiger charge is -2.04. The quantitative estimate of drug-likeness (QED) is 0.717. The van der Waals surface area contributed by atoms with E-state index in [1.165, 1.54) is 0 Å². The Hall–Kier alpha value is -3.45. The van der Waals surface area contributed by atoms with Crippen LogP contribution in [0, 0.1) is 11.8 Å². The Morgan fingerprint density at radius 2 is 1.76 bits per heavy atom. The van der Waals surface area contributed by atoms with Crippen LogP contribution in [0.25, 0.3) is 10.8 Å². The van der Waals surface area contributed by atoms with E-state index in [4.69, 9.17) is 4.74 Å². The van der Waals surface area contributed by atoms with Crippen molar-refractivity contribution in [2.24, 2.45) is 0 Å². The number of benzene rings is 3. The summed E-state index contributed by atoms with van der Waals surface area (Å²) in [6.07, 6.45) is -0.493. The summed E-state index contributed by atoms with van der Waals surface area (Å²) in [4.78, 5) is 11.6. The van der Waals surface area contributed by atoms with E-state index in [2.05, 4.69) is 17.2 Å². The zero-order valence-corrected chi connectivity index (χ0v) is 13.5. The Kier molecular flexibility index (Phi) is 5.18. The maximum Gasteiger partial charge on any atom is 0.408 e. The molecule has 0 atom stereocenters. The van der Waals surface area contributed by atoms with Crippen LogP contribution in [0.4, 0.5) is 4.79 Å². The van der Waals surface area contributed by atoms with Crippen molar-refractivity contribution in [1.82, 2.24) is 5.32 Å². The lowest BCUT2D eigenvalue weighted by Crippen LogP contribution is -2.24. The molecule has 0 aliphatic heterocycles. The van der Waals surface area contributed by atoms with Crippen molar-refractivity contribution in [3.8, 4) is 17.6 Å². The molecule has 3 rings (SSSR count). The minimum absolute atomic E-state index is 0.210. The standard InChI is InChI=1S/C21H17NO3/c23-20-11-10-18-13-16(8-9-19(18)14-20)7-4-12-22-21(24)25-15-17-5-2-1-3-6-17/h1-3,5-6,8-11,13-14,23H,12,15H2,(H,22,24). The van der Waals surface area contributed by atoms with Crippen LogP contribution in [0.1, 0.15) is 11.1 Å². The summed E-state index contributed by atoms with van der Waals surface area (Å²) in [7, 11) is 0. The van der Waals surface area contributed by atoms with Crippen LogP contribution in [0.15, 0.2) is 66.7 Å². The van der Waals surface area contributed by atoms with Crippen molar-refractivity contribution in [3.05, 3.63) is 77.9 Å². The summed E-state index contributed by atoms with van der Waals surface area (Å²) < 4.78 is 5.11. The molecular weight excluding hydrogens is 314 g/mol. The fourth-order valence-electron chi connectivity index (χ4n) is 2.35. The summed E-state index contributed by atoms with van der Waals surface area (Å²) in [6.45, 7) is 0.443. The van der Waals surface area contributed by atoms with Gasteiger partial charge in [0.15, 0.2) is 0 Å². The van der Waals surface area contributed by atoms with Crippen molar-refractivity contribution in [3.63, 3.8) is 0 Å². The summed E-state index contributed by atoms with van der Waals surface area (Å²) >= 11 is 0. The van der Waals surface area contributed by atoms with E-state index < -0.39 is 6.09 Å². The van der Waals surface area contributed by atoms with Gasteiger partial charge in [-0.3, -0.25) is 0 Å². The number of carbonyl (C=O) groups excluding carboxylic acids is 1. The molecule has 0 aliphatic rings. The van der Waals surface area contributed by atoms with E-state index in [-0.39, 0.29) is 18.9 Å². The van der Waals surface area contributed by atoms with Crippen LogP contribution in [-0.2, 0) is 11.3 Å². The summed E-state index contributed by atoms with van der Waals surface area (Å²) in [5.41, 5.74) is 1.78. The molecule has 0 heterocycles. The Bertz CT molecular complexity index is 940. The van der Waals surface area contributed by atoms with Gasteiger partial charge in [-0.2, -0.15) is 0 Å². The molecule has 124 valence electrons. The molecule has 0 fully saturated rings. The molecule has 25 heavy (non-hydrogen) atoms. The molecule has 0 bridgehead atoms. The monoisotopic (exact) mass is 331 g/mol. The predicted molar refractivity (Wildman–Crippen MR) is 97.1 cm³/mol. The minimum Gasteiger partial charge on any atom is -0.508 e. The minimum atomic E-state index is -0.493. The normalized spacial score (nSPS) is 9.92. The number of carbonyl (C=O) groups is 1. The Balaban J connectivity index is 1.50. The second-order valence-electron chi connectivity index (χ2n) is 5.46. The first-order chi connectivity index (χ1) is 12.2. The third-order valence-electron chi connectivity index (χ3n) is 3.59. The number of phenols is 1. The van der Waals surface area contributed by atoms with Crippen LogP contribution in [0.2, 0.25) is 0 Å². The molecular formula is C21H17NO3. The molecule has 0 spiro atoms. The number of ether oxygens (including phenoxy) is 1. The number of fused-ring (bicyclic) bond motifs is 1. The second kappa shape index (κ2) is 7.89. The zero-order chi connectivity index (χ0) is 17.5. The number of nitrogens with one attached hydrogen (secondary N) is 1. The van der Waals surface area contributed by atoms with Gasteiger partial charge in [0, 0.05) is 5.56 Å². The van der Waals surface area contributed by atoms with Gasteiger partial charge in [0.25, 0.3) is 0 Å². The zero-order valence-electron chi connectivity index (χ0n) is 13.5. The van der Waals surface area contributed by atoms with E-state index in [1.54, 1.807) is 12.1 Å². The molecule has 1 amide bonds. The van der Waals surface area contributed by atoms with Gasteiger partial charge in [0.2, 0.25) is 0 Å². The van der Waals surface area contributed by atoms with Crippen LogP contribution in [-0.4, -0.2) is 17.7 Å². The molecule has 0 aromatic heterocycles. The first-order valence-corrected chi connectivity index (χ1v) is 7.87. The fraction of sp³-hybridized carbons (Fsp3) is 0.0952. The fourth-order valence-corrected chi connectivity index (χ4v) is 2.35. The first-order valence-electron chi connectivity index (χ1n) is 7.87. The average Bonchev–Trinajstić information content (AvgIpc) is 2.64. The molecule has 0 saturated carbocycles. The van der Waals surface area contributed by atoms with Crippen LogP contribution in [0.5, 0.6) is 5.75 Å². The summed E-state index contributed by atoms with van der Waals surface area (Å²) in [5, 5.41) is 14.0. The van der Waals surface area contributed by atoms with E-state index in [0.29, 0.717) is 0 Å². The molecule has 0 unspecified atom stereocenters. The SMILES string of the molecule is O=C(NCC#Cc1ccc2cc(O)ccc2c1)OCc1ccccc1. The summed E-state index contributed by atoms with van der Waals surface area (Å²) in [6, 6.07) is 20.4. The maximum atomic E-state index is 11.6. The molecule has 2 N–H and O–H groups in total. The van der Waals surface area contributed by atoms with Gasteiger partial charge in [-0.25, -0.2) is 4.79 Å². The molecule has 4 nitrogen and oxygen atoms in total. The topological polar surface area (TPSA) is 58.6 Å². The van der Waals surface area contributed by atoms with Crippen molar-refractivity contribution in [1.29, 1.82) is 0 Å². The highest BCUT2D eigenvalue weighted by atomic mass is 16.5. The predicted octanol–water partition coefficient (Wildman–Crippen LogP) is 3.82. The molecule has 4 heteroatoms. The lowest BCUT2D eigenvalue weighted by molar-refractivity contribution is 0.141. The molecule has 0 saturated heterocycles. The molecule has 0 radical (unpaired) electrons. The maximum absolute atomic E-state index is 11.6. The average molecular weight is 331 g/mol. The van der Waals surface area contributed by atoms with Crippen LogP contribution < -0.4 is 5.32 Å². The second-order valence-corrected chi connectivity index (χ2v) is 5.46. The smallest absolute Gasteiger partial charge is 0.408 e. The number of aromatic hydroxyl groups is 1. The molecule has 0 aliphatic carbocycles. The van der Waals surface area contributed by atoms with E-state index in [1.807, 2.05) is 54.6 Å². The highest BCUT2D eigenvalue weighted by Gasteiger charge is 2.00. The largest absolute Gasteiger partial charge is 0.508 e. The van der Waals surface area contributed by atoms with Crippen LogP contribution in [0.3, 0.4) is 0 Å². The third kappa shape index (κ3) is 4.76. The van der Waals surface area contributed by atoms with Gasteiger partial charge >= 0.3 is 6.09 Å². The highest BCUT2D eigenvalue weighted by Crippen LogP contribution is 2.20. The van der Waals surface area contributed by atoms with Crippen molar-refractivity contribution >= 4 is 16.9 Å². The van der Waals surface area contributed by atoms with Gasteiger partial charge in [0.05, 0.1) is 6.54 Å². The van der Waals surface area contributed by atoms with E-state index in [0.717, 1.165) is 21.9 Å². The van der Waals surface area contributed by atoms with Crippen molar-refractivity contribution in [2.75, 3.05) is 6.54 Å². The number of hydrogen-bond donors (Lipinski definition) is 2. The van der Waals surface area contributed by atoms with Gasteiger partial charge < -0.3 is 15.2 Å². The van der Waals surface area contributed by atoms with Gasteiger partial charge in [-0.05, 0) is 40.6 Å². The number of phenolic OH excluding ortho intramolecular Hbond substituents is 1. The van der Waals surface area contributed by atoms with Gasteiger partial charge in [0.1, 0.15) is 12.4 Å². The Morgan fingerprint density at radius 3 is 2.60 bits per heavy atom. The van der Waals surface area contributed by atoms with Crippen LogP contribution >= 0.6 is 0 Å². The van der Waals surface area contributed by atoms with Gasteiger partial charge in [-0.1, -0.05) is 54.3 Å². The Morgan fingerprint density at radius 1 is 1.00 bits per heavy atom. The van der Waals surface area contributed by atoms with Gasteiger partial charge in [-0.15, -0.1) is 0 Å². The number of alkyl carbamates (subject to hydrolysis) is 1. The molecule has 3 aromatic rings. The number of hydrogen-bond acceptors (Lipinski definition) is 3. The lowest BCUT2D eigenvalue weighted by atomic mass is 10.1. The van der Waals surface area contributed by atoms with Crippen molar-refractivity contribution < 1.29 is 14.6 Å². The highest BCUT2D eigenvalue weighted by molar-refractivity contribution is 5.85. The third-order valence-corrected chi connectivity index (χ3v) is 3.59. The van der Waals surface area contributed by atoms with Crippen molar-refractivity contribution in [2.45, 2.75) is 6.61 Å². The Labute approximate surface area is 146 Å². The number of amides is 1.